The van der Waals surface area contributed by atoms with Crippen molar-refractivity contribution >= 4 is 34.1 Å². The number of carbonyl (C=O) groups excluding carboxylic acids is 1. The summed E-state index contributed by atoms with van der Waals surface area (Å²) in [6.07, 6.45) is 3.69. The lowest BCUT2D eigenvalue weighted by atomic mass is 10.1. The molecule has 0 atom stereocenters. The Bertz CT molecular complexity index is 930. The van der Waals surface area contributed by atoms with E-state index >= 15 is 0 Å². The highest BCUT2D eigenvalue weighted by atomic mass is 16.1. The molecule has 5 heteroatoms. The Morgan fingerprint density at radius 2 is 1.69 bits per heavy atom. The van der Waals surface area contributed by atoms with Crippen molar-refractivity contribution in [3.05, 3.63) is 54.1 Å². The molecule has 1 N–H and O–H groups in total. The van der Waals surface area contributed by atoms with Gasteiger partial charge in [0.05, 0.1) is 5.52 Å². The predicted molar refractivity (Wildman–Crippen MR) is 105 cm³/mol. The molecule has 2 heterocycles. The second kappa shape index (κ2) is 7.12. The van der Waals surface area contributed by atoms with E-state index in [1.807, 2.05) is 42.5 Å². The molecule has 1 fully saturated rings. The fourth-order valence-electron chi connectivity index (χ4n) is 3.38. The third-order valence-corrected chi connectivity index (χ3v) is 4.79. The zero-order valence-electron chi connectivity index (χ0n) is 14.9. The number of nitrogens with zero attached hydrogens (tertiary/aromatic N) is 3. The van der Waals surface area contributed by atoms with Gasteiger partial charge in [-0.3, -0.25) is 4.79 Å². The van der Waals surface area contributed by atoms with Crippen LogP contribution >= 0.6 is 0 Å². The minimum absolute atomic E-state index is 0.0610. The van der Waals surface area contributed by atoms with E-state index in [2.05, 4.69) is 21.3 Å². The van der Waals surface area contributed by atoms with E-state index in [4.69, 9.17) is 4.98 Å². The fraction of sp³-hybridized carbons (Fsp3) is 0.286. The Kier molecular flexibility index (Phi) is 4.52. The first-order chi connectivity index (χ1) is 12.7. The Balaban J connectivity index is 1.69. The van der Waals surface area contributed by atoms with Crippen molar-refractivity contribution in [2.45, 2.75) is 26.2 Å². The van der Waals surface area contributed by atoms with Crippen LogP contribution in [0.3, 0.4) is 0 Å². The highest BCUT2D eigenvalue weighted by Crippen LogP contribution is 2.28. The lowest BCUT2D eigenvalue weighted by Gasteiger charge is -2.29. The molecule has 1 aromatic heterocycles. The molecular formula is C21H22N4O. The number of hydrogen-bond acceptors (Lipinski definition) is 5. The monoisotopic (exact) mass is 346 g/mol. The summed E-state index contributed by atoms with van der Waals surface area (Å²) in [7, 11) is 0. The van der Waals surface area contributed by atoms with E-state index < -0.39 is 0 Å². The van der Waals surface area contributed by atoms with Crippen molar-refractivity contribution < 1.29 is 4.79 Å². The van der Waals surface area contributed by atoms with Crippen LogP contribution in [0.2, 0.25) is 0 Å². The molecule has 0 radical (unpaired) electrons. The minimum Gasteiger partial charge on any atom is -0.356 e. The van der Waals surface area contributed by atoms with E-state index in [9.17, 15) is 4.79 Å². The number of aromatic nitrogens is 2. The Morgan fingerprint density at radius 3 is 2.42 bits per heavy atom. The summed E-state index contributed by atoms with van der Waals surface area (Å²) < 4.78 is 0. The summed E-state index contributed by atoms with van der Waals surface area (Å²) in [4.78, 5) is 23.3. The van der Waals surface area contributed by atoms with Crippen molar-refractivity contribution in [3.63, 3.8) is 0 Å². The van der Waals surface area contributed by atoms with Gasteiger partial charge < -0.3 is 10.2 Å². The molecule has 0 amide bonds. The van der Waals surface area contributed by atoms with Crippen molar-refractivity contribution in [2.75, 3.05) is 23.3 Å². The van der Waals surface area contributed by atoms with Gasteiger partial charge in [0.1, 0.15) is 5.82 Å². The normalized spacial score (nSPS) is 14.4. The topological polar surface area (TPSA) is 58.1 Å². The average molecular weight is 346 g/mol. The van der Waals surface area contributed by atoms with Crippen LogP contribution in [0.1, 0.15) is 36.5 Å². The van der Waals surface area contributed by atoms with E-state index in [0.29, 0.717) is 11.5 Å². The smallest absolute Gasteiger partial charge is 0.229 e. The number of Topliss-reactive ketones (excluding diaryl/α,β-unsaturated/α-hetero) is 1. The number of benzene rings is 2. The predicted octanol–water partition coefficient (Wildman–Crippen LogP) is 4.57. The maximum absolute atomic E-state index is 11.4. The molecule has 26 heavy (non-hydrogen) atoms. The van der Waals surface area contributed by atoms with Gasteiger partial charge in [0.25, 0.3) is 0 Å². The van der Waals surface area contributed by atoms with Crippen LogP contribution in [0.15, 0.2) is 48.5 Å². The molecule has 0 spiro atoms. The van der Waals surface area contributed by atoms with Gasteiger partial charge in [0.15, 0.2) is 5.78 Å². The van der Waals surface area contributed by atoms with Gasteiger partial charge in [-0.1, -0.05) is 12.1 Å². The molecule has 1 aliphatic heterocycles. The van der Waals surface area contributed by atoms with Gasteiger partial charge >= 0.3 is 0 Å². The first kappa shape index (κ1) is 16.5. The lowest BCUT2D eigenvalue weighted by Crippen LogP contribution is -2.30. The van der Waals surface area contributed by atoms with Crippen molar-refractivity contribution in [1.82, 2.24) is 9.97 Å². The second-order valence-corrected chi connectivity index (χ2v) is 6.69. The lowest BCUT2D eigenvalue weighted by molar-refractivity contribution is 0.101. The Hall–Kier alpha value is -2.95. The van der Waals surface area contributed by atoms with Crippen LogP contribution in [0, 0.1) is 0 Å². The highest BCUT2D eigenvalue weighted by Gasteiger charge is 2.17. The number of hydrogen-bond donors (Lipinski definition) is 1. The van der Waals surface area contributed by atoms with Crippen LogP contribution in [-0.4, -0.2) is 28.8 Å². The Labute approximate surface area is 153 Å². The number of carbonyl (C=O) groups is 1. The maximum atomic E-state index is 11.4. The molecular weight excluding hydrogens is 324 g/mol. The van der Waals surface area contributed by atoms with Crippen LogP contribution in [0.25, 0.3) is 10.9 Å². The fourth-order valence-corrected chi connectivity index (χ4v) is 3.38. The summed E-state index contributed by atoms with van der Waals surface area (Å²) in [5, 5.41) is 4.37. The van der Waals surface area contributed by atoms with Gasteiger partial charge in [0, 0.05) is 29.7 Å². The van der Waals surface area contributed by atoms with Crippen molar-refractivity contribution in [2.24, 2.45) is 0 Å². The summed E-state index contributed by atoms with van der Waals surface area (Å²) in [5.74, 6) is 1.64. The van der Waals surface area contributed by atoms with Gasteiger partial charge in [-0.15, -0.1) is 0 Å². The maximum Gasteiger partial charge on any atom is 0.229 e. The quantitative estimate of drug-likeness (QED) is 0.702. The molecule has 5 nitrogen and oxygen atoms in total. The summed E-state index contributed by atoms with van der Waals surface area (Å²) >= 11 is 0. The molecule has 1 aliphatic rings. The third kappa shape index (κ3) is 3.38. The first-order valence-corrected chi connectivity index (χ1v) is 9.10. The highest BCUT2D eigenvalue weighted by molar-refractivity contribution is 5.94. The van der Waals surface area contributed by atoms with E-state index in [-0.39, 0.29) is 5.78 Å². The Morgan fingerprint density at radius 1 is 0.962 bits per heavy atom. The number of ketones is 1. The van der Waals surface area contributed by atoms with E-state index in [0.717, 1.165) is 35.5 Å². The van der Waals surface area contributed by atoms with E-state index in [1.54, 1.807) is 6.92 Å². The second-order valence-electron chi connectivity index (χ2n) is 6.69. The standard InChI is InChI=1S/C21H22N4O/c1-15(26)16-9-11-17(12-10-16)22-21-23-19-8-4-3-7-18(19)20(24-21)25-13-5-2-6-14-25/h3-4,7-12H,2,5-6,13-14H2,1H3,(H,22,23,24). The molecule has 4 rings (SSSR count). The van der Waals surface area contributed by atoms with Gasteiger partial charge in [0.2, 0.25) is 5.95 Å². The number of para-hydroxylation sites is 1. The molecule has 2 aromatic carbocycles. The average Bonchev–Trinajstić information content (AvgIpc) is 2.68. The molecule has 0 aliphatic carbocycles. The zero-order chi connectivity index (χ0) is 17.9. The van der Waals surface area contributed by atoms with Crippen molar-refractivity contribution in [1.29, 1.82) is 0 Å². The third-order valence-electron chi connectivity index (χ3n) is 4.79. The number of anilines is 3. The first-order valence-electron chi connectivity index (χ1n) is 9.10. The summed E-state index contributed by atoms with van der Waals surface area (Å²) in [6, 6.07) is 15.5. The summed E-state index contributed by atoms with van der Waals surface area (Å²) in [5.41, 5.74) is 2.50. The van der Waals surface area contributed by atoms with Crippen LogP contribution in [-0.2, 0) is 0 Å². The van der Waals surface area contributed by atoms with Crippen LogP contribution in [0.5, 0.6) is 0 Å². The molecule has 1 saturated heterocycles. The SMILES string of the molecule is CC(=O)c1ccc(Nc2nc(N3CCCCC3)c3ccccc3n2)cc1. The van der Waals surface area contributed by atoms with Crippen molar-refractivity contribution in [3.8, 4) is 0 Å². The molecule has 132 valence electrons. The molecule has 0 saturated carbocycles. The molecule has 3 aromatic rings. The largest absolute Gasteiger partial charge is 0.356 e. The van der Waals surface area contributed by atoms with Gasteiger partial charge in [-0.05, 0) is 62.6 Å². The van der Waals surface area contributed by atoms with Crippen LogP contribution < -0.4 is 10.2 Å². The van der Waals surface area contributed by atoms with Crippen LogP contribution in [0.4, 0.5) is 17.5 Å². The number of nitrogens with one attached hydrogen (secondary N) is 1. The molecule has 0 bridgehead atoms. The zero-order valence-corrected chi connectivity index (χ0v) is 14.9. The van der Waals surface area contributed by atoms with E-state index in [1.165, 1.54) is 19.3 Å². The van der Waals surface area contributed by atoms with Gasteiger partial charge in [-0.25, -0.2) is 4.98 Å². The minimum atomic E-state index is 0.0610. The molecule has 0 unspecified atom stereocenters. The number of rotatable bonds is 4. The number of fused-ring (bicyclic) bond motifs is 1. The summed E-state index contributed by atoms with van der Waals surface area (Å²) in [6.45, 7) is 3.64. The number of piperidine rings is 1. The van der Waals surface area contributed by atoms with Gasteiger partial charge in [-0.2, -0.15) is 4.98 Å².